The van der Waals surface area contributed by atoms with Gasteiger partial charge in [-0.25, -0.2) is 0 Å². The van der Waals surface area contributed by atoms with E-state index in [-0.39, 0.29) is 12.7 Å². The third kappa shape index (κ3) is 1.43. The standard InChI is InChI=1S/C7H14O2/c1-5-2-7(9)3-6(5)4-8/h5-9H,2-4H2,1H3. The first-order valence-electron chi connectivity index (χ1n) is 3.53. The highest BCUT2D eigenvalue weighted by Gasteiger charge is 2.28. The third-order valence-corrected chi connectivity index (χ3v) is 2.26. The zero-order valence-corrected chi connectivity index (χ0v) is 5.75. The lowest BCUT2D eigenvalue weighted by Crippen LogP contribution is -2.08. The Morgan fingerprint density at radius 3 is 2.33 bits per heavy atom. The molecule has 1 saturated carbocycles. The van der Waals surface area contributed by atoms with Crippen molar-refractivity contribution < 1.29 is 10.2 Å². The maximum absolute atomic E-state index is 9.09. The fourth-order valence-electron chi connectivity index (χ4n) is 1.55. The first-order chi connectivity index (χ1) is 4.24. The molecule has 2 nitrogen and oxygen atoms in total. The number of hydrogen-bond acceptors (Lipinski definition) is 2. The molecule has 0 aliphatic heterocycles. The van der Waals surface area contributed by atoms with Gasteiger partial charge in [-0.05, 0) is 24.7 Å². The molecule has 2 N–H and O–H groups in total. The molecule has 0 aromatic heterocycles. The summed E-state index contributed by atoms with van der Waals surface area (Å²) in [6, 6.07) is 0. The molecule has 54 valence electrons. The van der Waals surface area contributed by atoms with Crippen LogP contribution < -0.4 is 0 Å². The summed E-state index contributed by atoms with van der Waals surface area (Å²) in [6.07, 6.45) is 1.50. The quantitative estimate of drug-likeness (QED) is 0.539. The maximum Gasteiger partial charge on any atom is 0.0546 e. The average molecular weight is 130 g/mol. The van der Waals surface area contributed by atoms with Gasteiger partial charge < -0.3 is 10.2 Å². The normalized spacial score (nSPS) is 43.7. The molecule has 3 atom stereocenters. The van der Waals surface area contributed by atoms with Crippen LogP contribution in [-0.4, -0.2) is 22.9 Å². The topological polar surface area (TPSA) is 40.5 Å². The highest BCUT2D eigenvalue weighted by atomic mass is 16.3. The van der Waals surface area contributed by atoms with Crippen molar-refractivity contribution in [2.45, 2.75) is 25.9 Å². The molecule has 1 fully saturated rings. The molecule has 0 amide bonds. The molecule has 3 unspecified atom stereocenters. The van der Waals surface area contributed by atoms with E-state index in [0.717, 1.165) is 12.8 Å². The van der Waals surface area contributed by atoms with Crippen LogP contribution in [0.4, 0.5) is 0 Å². The van der Waals surface area contributed by atoms with Crippen LogP contribution in [0.1, 0.15) is 19.8 Å². The highest BCUT2D eigenvalue weighted by molar-refractivity contribution is 4.79. The van der Waals surface area contributed by atoms with Crippen LogP contribution in [0.3, 0.4) is 0 Å². The van der Waals surface area contributed by atoms with Crippen molar-refractivity contribution in [1.29, 1.82) is 0 Å². The number of aliphatic hydroxyl groups is 2. The van der Waals surface area contributed by atoms with Gasteiger partial charge in [-0.3, -0.25) is 0 Å². The van der Waals surface area contributed by atoms with Crippen molar-refractivity contribution in [2.24, 2.45) is 11.8 Å². The van der Waals surface area contributed by atoms with Crippen molar-refractivity contribution in [3.8, 4) is 0 Å². The van der Waals surface area contributed by atoms with E-state index >= 15 is 0 Å². The van der Waals surface area contributed by atoms with E-state index in [0.29, 0.717) is 11.8 Å². The van der Waals surface area contributed by atoms with Gasteiger partial charge in [0.25, 0.3) is 0 Å². The van der Waals surface area contributed by atoms with Gasteiger partial charge in [0.05, 0.1) is 6.10 Å². The molecule has 0 spiro atoms. The van der Waals surface area contributed by atoms with Crippen molar-refractivity contribution in [2.75, 3.05) is 6.61 Å². The predicted octanol–water partition coefficient (Wildman–Crippen LogP) is 0.386. The van der Waals surface area contributed by atoms with Gasteiger partial charge in [-0.2, -0.15) is 0 Å². The van der Waals surface area contributed by atoms with Gasteiger partial charge in [0.15, 0.2) is 0 Å². The first kappa shape index (κ1) is 7.03. The summed E-state index contributed by atoms with van der Waals surface area (Å²) >= 11 is 0. The molecule has 1 aliphatic rings. The third-order valence-electron chi connectivity index (χ3n) is 2.26. The van der Waals surface area contributed by atoms with Crippen LogP contribution in [0.25, 0.3) is 0 Å². The van der Waals surface area contributed by atoms with Crippen molar-refractivity contribution in [1.82, 2.24) is 0 Å². The molecule has 0 aromatic rings. The molecular formula is C7H14O2. The van der Waals surface area contributed by atoms with Crippen molar-refractivity contribution in [3.05, 3.63) is 0 Å². The van der Waals surface area contributed by atoms with Crippen LogP contribution in [0, 0.1) is 11.8 Å². The Kier molecular flexibility index (Phi) is 2.09. The van der Waals surface area contributed by atoms with Crippen LogP contribution >= 0.6 is 0 Å². The van der Waals surface area contributed by atoms with Gasteiger partial charge in [0.1, 0.15) is 0 Å². The number of hydrogen-bond donors (Lipinski definition) is 2. The van der Waals surface area contributed by atoms with Crippen molar-refractivity contribution >= 4 is 0 Å². The van der Waals surface area contributed by atoms with Gasteiger partial charge in [0.2, 0.25) is 0 Å². The Morgan fingerprint density at radius 2 is 2.11 bits per heavy atom. The number of aliphatic hydroxyl groups excluding tert-OH is 2. The smallest absolute Gasteiger partial charge is 0.0546 e. The second kappa shape index (κ2) is 2.67. The van der Waals surface area contributed by atoms with Gasteiger partial charge in [0, 0.05) is 6.61 Å². The van der Waals surface area contributed by atoms with Gasteiger partial charge >= 0.3 is 0 Å². The van der Waals surface area contributed by atoms with E-state index < -0.39 is 0 Å². The molecule has 2 heteroatoms. The molecular weight excluding hydrogens is 116 g/mol. The van der Waals surface area contributed by atoms with E-state index in [1.165, 1.54) is 0 Å². The Bertz CT molecular complexity index is 92.9. The van der Waals surface area contributed by atoms with E-state index in [4.69, 9.17) is 10.2 Å². The lowest BCUT2D eigenvalue weighted by atomic mass is 10.00. The largest absolute Gasteiger partial charge is 0.396 e. The molecule has 1 rings (SSSR count). The van der Waals surface area contributed by atoms with E-state index in [1.54, 1.807) is 0 Å². The molecule has 9 heavy (non-hydrogen) atoms. The monoisotopic (exact) mass is 130 g/mol. The SMILES string of the molecule is CC1CC(O)CC1CO. The summed E-state index contributed by atoms with van der Waals surface area (Å²) < 4.78 is 0. The Labute approximate surface area is 55.5 Å². The molecule has 1 aliphatic carbocycles. The Morgan fingerprint density at radius 1 is 1.44 bits per heavy atom. The summed E-state index contributed by atoms with van der Waals surface area (Å²) in [5.41, 5.74) is 0. The summed E-state index contributed by atoms with van der Waals surface area (Å²) in [5.74, 6) is 0.852. The summed E-state index contributed by atoms with van der Waals surface area (Å²) in [6.45, 7) is 2.31. The fourth-order valence-corrected chi connectivity index (χ4v) is 1.55. The lowest BCUT2D eigenvalue weighted by Gasteiger charge is -2.08. The Hall–Kier alpha value is -0.0800. The second-order valence-electron chi connectivity index (χ2n) is 3.05. The zero-order valence-electron chi connectivity index (χ0n) is 5.75. The van der Waals surface area contributed by atoms with Crippen LogP contribution in [-0.2, 0) is 0 Å². The van der Waals surface area contributed by atoms with Gasteiger partial charge in [-0.15, -0.1) is 0 Å². The molecule has 0 bridgehead atoms. The van der Waals surface area contributed by atoms with Crippen LogP contribution in [0.2, 0.25) is 0 Å². The average Bonchev–Trinajstić information content (AvgIpc) is 2.10. The van der Waals surface area contributed by atoms with E-state index in [2.05, 4.69) is 6.92 Å². The second-order valence-corrected chi connectivity index (χ2v) is 3.05. The minimum Gasteiger partial charge on any atom is -0.396 e. The highest BCUT2D eigenvalue weighted by Crippen LogP contribution is 2.30. The molecule has 0 radical (unpaired) electrons. The first-order valence-corrected chi connectivity index (χ1v) is 3.53. The lowest BCUT2D eigenvalue weighted by molar-refractivity contribution is 0.163. The summed E-state index contributed by atoms with van der Waals surface area (Å²) in [5, 5.41) is 17.8. The van der Waals surface area contributed by atoms with Crippen molar-refractivity contribution in [3.63, 3.8) is 0 Å². The summed E-state index contributed by atoms with van der Waals surface area (Å²) in [7, 11) is 0. The minimum atomic E-state index is -0.155. The van der Waals surface area contributed by atoms with Gasteiger partial charge in [-0.1, -0.05) is 6.92 Å². The predicted molar refractivity (Wildman–Crippen MR) is 35.0 cm³/mol. The van der Waals surface area contributed by atoms with E-state index in [9.17, 15) is 0 Å². The summed E-state index contributed by atoms with van der Waals surface area (Å²) in [4.78, 5) is 0. The minimum absolute atomic E-state index is 0.155. The zero-order chi connectivity index (χ0) is 6.85. The molecule has 0 saturated heterocycles. The fraction of sp³-hybridized carbons (Fsp3) is 1.00. The van der Waals surface area contributed by atoms with Crippen LogP contribution in [0.15, 0.2) is 0 Å². The van der Waals surface area contributed by atoms with E-state index in [1.807, 2.05) is 0 Å². The number of rotatable bonds is 1. The Balaban J connectivity index is 2.38. The molecule has 0 heterocycles. The van der Waals surface area contributed by atoms with Crippen LogP contribution in [0.5, 0.6) is 0 Å². The molecule has 0 aromatic carbocycles. The maximum atomic E-state index is 9.09.